The minimum atomic E-state index is -0.475. The van der Waals surface area contributed by atoms with Crippen LogP contribution in [0.3, 0.4) is 0 Å². The zero-order valence-corrected chi connectivity index (χ0v) is 15.2. The predicted molar refractivity (Wildman–Crippen MR) is 95.1 cm³/mol. The molecule has 0 atom stereocenters. The number of halogens is 1. The standard InChI is InChI=1S/C19H20BrNO2/c1-19(2,3)23-18(22)21-11-13-7-6-9-14(16(13)12-21)15-8-4-5-10-17(15)20/h4-10H,11-12H2,1-3H3. The number of carbonyl (C=O) groups excluding carboxylic acids is 1. The van der Waals surface area contributed by atoms with E-state index in [4.69, 9.17) is 4.74 Å². The van der Waals surface area contributed by atoms with Gasteiger partial charge in [0.25, 0.3) is 0 Å². The second-order valence-corrected chi connectivity index (χ2v) is 7.61. The van der Waals surface area contributed by atoms with Gasteiger partial charge in [0.05, 0.1) is 6.54 Å². The number of fused-ring (bicyclic) bond motifs is 1. The zero-order valence-electron chi connectivity index (χ0n) is 13.6. The summed E-state index contributed by atoms with van der Waals surface area (Å²) in [5.41, 5.74) is 4.22. The van der Waals surface area contributed by atoms with Crippen LogP contribution >= 0.6 is 15.9 Å². The minimum absolute atomic E-state index is 0.258. The van der Waals surface area contributed by atoms with Crippen LogP contribution < -0.4 is 0 Å². The van der Waals surface area contributed by atoms with E-state index < -0.39 is 5.60 Å². The first-order chi connectivity index (χ1) is 10.8. The van der Waals surface area contributed by atoms with Gasteiger partial charge in [-0.15, -0.1) is 0 Å². The van der Waals surface area contributed by atoms with Gasteiger partial charge in [-0.3, -0.25) is 4.90 Å². The summed E-state index contributed by atoms with van der Waals surface area (Å²) in [6.45, 7) is 6.85. The van der Waals surface area contributed by atoms with Crippen LogP contribution in [0.25, 0.3) is 11.1 Å². The number of amides is 1. The lowest BCUT2D eigenvalue weighted by atomic mass is 9.97. The van der Waals surface area contributed by atoms with Gasteiger partial charge in [0, 0.05) is 11.0 Å². The van der Waals surface area contributed by atoms with Crippen LogP contribution in [0.2, 0.25) is 0 Å². The molecule has 0 fully saturated rings. The highest BCUT2D eigenvalue weighted by molar-refractivity contribution is 9.10. The first-order valence-electron chi connectivity index (χ1n) is 7.69. The molecule has 1 aliphatic rings. The number of ether oxygens (including phenoxy) is 1. The molecule has 1 heterocycles. The number of hydrogen-bond donors (Lipinski definition) is 0. The third kappa shape index (κ3) is 3.42. The fourth-order valence-electron chi connectivity index (χ4n) is 2.81. The molecule has 0 N–H and O–H groups in total. The van der Waals surface area contributed by atoms with Gasteiger partial charge in [-0.2, -0.15) is 0 Å². The summed E-state index contributed by atoms with van der Waals surface area (Å²) in [6, 6.07) is 14.4. The summed E-state index contributed by atoms with van der Waals surface area (Å²) in [6.07, 6.45) is -0.258. The smallest absolute Gasteiger partial charge is 0.410 e. The molecule has 23 heavy (non-hydrogen) atoms. The monoisotopic (exact) mass is 373 g/mol. The van der Waals surface area contributed by atoms with Crippen molar-refractivity contribution in [3.63, 3.8) is 0 Å². The molecule has 0 spiro atoms. The third-order valence-electron chi connectivity index (χ3n) is 3.80. The summed E-state index contributed by atoms with van der Waals surface area (Å²) in [7, 11) is 0. The summed E-state index contributed by atoms with van der Waals surface area (Å²) in [5.74, 6) is 0. The number of nitrogens with zero attached hydrogens (tertiary/aromatic N) is 1. The molecule has 0 aliphatic carbocycles. The molecule has 0 radical (unpaired) electrons. The molecule has 2 aromatic rings. The van der Waals surface area contributed by atoms with Crippen LogP contribution in [0.15, 0.2) is 46.9 Å². The Balaban J connectivity index is 1.91. The van der Waals surface area contributed by atoms with Crippen molar-refractivity contribution in [1.29, 1.82) is 0 Å². The van der Waals surface area contributed by atoms with E-state index in [-0.39, 0.29) is 6.09 Å². The van der Waals surface area contributed by atoms with E-state index in [2.05, 4.69) is 34.1 Å². The first-order valence-corrected chi connectivity index (χ1v) is 8.48. The lowest BCUT2D eigenvalue weighted by Gasteiger charge is -2.24. The molecule has 0 saturated heterocycles. The summed E-state index contributed by atoms with van der Waals surface area (Å²) >= 11 is 3.62. The average molecular weight is 374 g/mol. The van der Waals surface area contributed by atoms with E-state index in [1.807, 2.05) is 45.0 Å². The van der Waals surface area contributed by atoms with Crippen molar-refractivity contribution in [2.24, 2.45) is 0 Å². The number of benzene rings is 2. The van der Waals surface area contributed by atoms with Crippen molar-refractivity contribution in [3.05, 3.63) is 58.1 Å². The Kier molecular flexibility index (Phi) is 4.19. The molecule has 1 amide bonds. The van der Waals surface area contributed by atoms with Gasteiger partial charge < -0.3 is 4.74 Å². The van der Waals surface area contributed by atoms with Crippen molar-refractivity contribution >= 4 is 22.0 Å². The molecule has 120 valence electrons. The van der Waals surface area contributed by atoms with E-state index in [9.17, 15) is 4.79 Å². The van der Waals surface area contributed by atoms with Crippen molar-refractivity contribution in [2.75, 3.05) is 0 Å². The Morgan fingerprint density at radius 3 is 2.43 bits per heavy atom. The highest BCUT2D eigenvalue weighted by atomic mass is 79.9. The van der Waals surface area contributed by atoms with E-state index in [0.717, 1.165) is 10.0 Å². The average Bonchev–Trinajstić information content (AvgIpc) is 2.90. The molecular formula is C19H20BrNO2. The van der Waals surface area contributed by atoms with Crippen molar-refractivity contribution in [3.8, 4) is 11.1 Å². The van der Waals surface area contributed by atoms with E-state index in [1.54, 1.807) is 4.90 Å². The lowest BCUT2D eigenvalue weighted by Crippen LogP contribution is -2.33. The Labute approximate surface area is 145 Å². The summed E-state index contributed by atoms with van der Waals surface area (Å²) in [5, 5.41) is 0. The van der Waals surface area contributed by atoms with Crippen LogP contribution in [0, 0.1) is 0 Å². The van der Waals surface area contributed by atoms with Crippen LogP contribution in [-0.2, 0) is 17.8 Å². The van der Waals surface area contributed by atoms with Gasteiger partial charge in [0.15, 0.2) is 0 Å². The normalized spacial score (nSPS) is 13.8. The van der Waals surface area contributed by atoms with Crippen LogP contribution in [-0.4, -0.2) is 16.6 Å². The van der Waals surface area contributed by atoms with Gasteiger partial charge in [0.1, 0.15) is 5.60 Å². The van der Waals surface area contributed by atoms with Crippen molar-refractivity contribution in [2.45, 2.75) is 39.5 Å². The van der Waals surface area contributed by atoms with Crippen LogP contribution in [0.5, 0.6) is 0 Å². The molecular weight excluding hydrogens is 354 g/mol. The van der Waals surface area contributed by atoms with Gasteiger partial charge in [-0.1, -0.05) is 52.3 Å². The Morgan fingerprint density at radius 2 is 1.74 bits per heavy atom. The van der Waals surface area contributed by atoms with Crippen LogP contribution in [0.4, 0.5) is 4.79 Å². The molecule has 4 heteroatoms. The number of hydrogen-bond acceptors (Lipinski definition) is 2. The number of rotatable bonds is 1. The van der Waals surface area contributed by atoms with Gasteiger partial charge in [-0.25, -0.2) is 4.79 Å². The van der Waals surface area contributed by atoms with Crippen LogP contribution in [0.1, 0.15) is 31.9 Å². The van der Waals surface area contributed by atoms with E-state index >= 15 is 0 Å². The maximum Gasteiger partial charge on any atom is 0.410 e. The Morgan fingerprint density at radius 1 is 1.04 bits per heavy atom. The third-order valence-corrected chi connectivity index (χ3v) is 4.49. The predicted octanol–water partition coefficient (Wildman–Crippen LogP) is 5.37. The summed E-state index contributed by atoms with van der Waals surface area (Å²) < 4.78 is 6.56. The minimum Gasteiger partial charge on any atom is -0.444 e. The van der Waals surface area contributed by atoms with Gasteiger partial charge in [0.2, 0.25) is 0 Å². The fraction of sp³-hybridized carbons (Fsp3) is 0.316. The fourth-order valence-corrected chi connectivity index (χ4v) is 3.31. The SMILES string of the molecule is CC(C)(C)OC(=O)N1Cc2cccc(-c3ccccc3Br)c2C1. The molecule has 3 rings (SSSR count). The molecule has 2 aromatic carbocycles. The molecule has 0 aromatic heterocycles. The maximum atomic E-state index is 12.3. The first kappa shape index (κ1) is 16.1. The molecule has 0 bridgehead atoms. The quantitative estimate of drug-likeness (QED) is 0.672. The molecule has 1 aliphatic heterocycles. The second kappa shape index (κ2) is 6.00. The van der Waals surface area contributed by atoms with Crippen molar-refractivity contribution in [1.82, 2.24) is 4.90 Å². The number of carbonyl (C=O) groups is 1. The van der Waals surface area contributed by atoms with Gasteiger partial charge >= 0.3 is 6.09 Å². The Bertz CT molecular complexity index is 749. The largest absolute Gasteiger partial charge is 0.444 e. The maximum absolute atomic E-state index is 12.3. The highest BCUT2D eigenvalue weighted by Crippen LogP contribution is 2.36. The topological polar surface area (TPSA) is 29.5 Å². The lowest BCUT2D eigenvalue weighted by molar-refractivity contribution is 0.0242. The molecule has 0 unspecified atom stereocenters. The van der Waals surface area contributed by atoms with E-state index in [0.29, 0.717) is 13.1 Å². The van der Waals surface area contributed by atoms with E-state index in [1.165, 1.54) is 16.7 Å². The Hall–Kier alpha value is -1.81. The second-order valence-electron chi connectivity index (χ2n) is 6.76. The molecule has 0 saturated carbocycles. The summed E-state index contributed by atoms with van der Waals surface area (Å²) in [4.78, 5) is 14.1. The molecule has 3 nitrogen and oxygen atoms in total. The zero-order chi connectivity index (χ0) is 16.6. The van der Waals surface area contributed by atoms with Crippen molar-refractivity contribution < 1.29 is 9.53 Å². The van der Waals surface area contributed by atoms with Gasteiger partial charge in [-0.05, 0) is 49.1 Å². The highest BCUT2D eigenvalue weighted by Gasteiger charge is 2.29.